The molecule has 1 aliphatic rings. The Labute approximate surface area is 81.9 Å². The Hall–Kier alpha value is -0.0800. The molecule has 1 aliphatic carbocycles. The molecule has 0 aromatic carbocycles. The monoisotopic (exact) mass is 185 g/mol. The largest absolute Gasteiger partial charge is 0.390 e. The fraction of sp³-hybridized carbons (Fsp3) is 1.00. The molecule has 13 heavy (non-hydrogen) atoms. The molecule has 2 nitrogen and oxygen atoms in total. The molecule has 1 fully saturated rings. The quantitative estimate of drug-likeness (QED) is 0.725. The van der Waals surface area contributed by atoms with Crippen LogP contribution in [-0.2, 0) is 0 Å². The van der Waals surface area contributed by atoms with Crippen molar-refractivity contribution in [2.24, 2.45) is 5.92 Å². The van der Waals surface area contributed by atoms with Gasteiger partial charge in [-0.15, -0.1) is 0 Å². The van der Waals surface area contributed by atoms with Gasteiger partial charge in [0.15, 0.2) is 0 Å². The molecule has 0 aliphatic heterocycles. The van der Waals surface area contributed by atoms with Crippen LogP contribution in [0.25, 0.3) is 0 Å². The summed E-state index contributed by atoms with van der Waals surface area (Å²) in [5.41, 5.74) is -0.372. The van der Waals surface area contributed by atoms with E-state index in [4.69, 9.17) is 0 Å². The number of hydrogen-bond donors (Lipinski definition) is 1. The zero-order valence-corrected chi connectivity index (χ0v) is 9.21. The third-order valence-electron chi connectivity index (χ3n) is 3.37. The van der Waals surface area contributed by atoms with E-state index in [1.54, 1.807) is 0 Å². The summed E-state index contributed by atoms with van der Waals surface area (Å²) in [5.74, 6) is 0.487. The summed E-state index contributed by atoms with van der Waals surface area (Å²) >= 11 is 0. The van der Waals surface area contributed by atoms with Gasteiger partial charge in [-0.1, -0.05) is 19.8 Å². The van der Waals surface area contributed by atoms with Crippen LogP contribution in [0.15, 0.2) is 0 Å². The van der Waals surface area contributed by atoms with E-state index in [0.29, 0.717) is 5.92 Å². The third kappa shape index (κ3) is 2.68. The van der Waals surface area contributed by atoms with Gasteiger partial charge in [0.05, 0.1) is 5.60 Å². The van der Waals surface area contributed by atoms with E-state index < -0.39 is 0 Å². The second-order valence-corrected chi connectivity index (χ2v) is 4.66. The molecular formula is C11H23NO. The average molecular weight is 185 g/mol. The van der Waals surface area contributed by atoms with Crippen LogP contribution in [-0.4, -0.2) is 36.2 Å². The molecule has 1 rings (SSSR count). The zero-order chi connectivity index (χ0) is 9.90. The summed E-state index contributed by atoms with van der Waals surface area (Å²) in [6.45, 7) is 3.14. The van der Waals surface area contributed by atoms with Gasteiger partial charge in [0.1, 0.15) is 0 Å². The van der Waals surface area contributed by atoms with Gasteiger partial charge in [0, 0.05) is 12.5 Å². The van der Waals surface area contributed by atoms with E-state index in [0.717, 1.165) is 19.4 Å². The molecule has 0 bridgehead atoms. The molecule has 0 aromatic rings. The number of hydrogen-bond acceptors (Lipinski definition) is 2. The minimum absolute atomic E-state index is 0.372. The first-order valence-corrected chi connectivity index (χ1v) is 5.45. The van der Waals surface area contributed by atoms with Crippen LogP contribution < -0.4 is 0 Å². The number of rotatable bonds is 3. The fourth-order valence-corrected chi connectivity index (χ4v) is 2.46. The molecule has 0 spiro atoms. The minimum Gasteiger partial charge on any atom is -0.390 e. The lowest BCUT2D eigenvalue weighted by molar-refractivity contribution is -0.0584. The molecule has 0 heterocycles. The van der Waals surface area contributed by atoms with Gasteiger partial charge < -0.3 is 10.0 Å². The Morgan fingerprint density at radius 3 is 2.62 bits per heavy atom. The van der Waals surface area contributed by atoms with E-state index in [1.807, 2.05) is 0 Å². The number of nitrogens with zero attached hydrogens (tertiary/aromatic N) is 1. The molecule has 0 radical (unpaired) electrons. The van der Waals surface area contributed by atoms with E-state index in [1.165, 1.54) is 19.3 Å². The van der Waals surface area contributed by atoms with Crippen molar-refractivity contribution in [1.82, 2.24) is 4.90 Å². The number of aliphatic hydroxyl groups is 1. The molecule has 2 atom stereocenters. The topological polar surface area (TPSA) is 23.5 Å². The Bertz CT molecular complexity index is 158. The normalized spacial score (nSPS) is 35.3. The first-order valence-electron chi connectivity index (χ1n) is 5.45. The van der Waals surface area contributed by atoms with Crippen LogP contribution in [0.5, 0.6) is 0 Å². The zero-order valence-electron chi connectivity index (χ0n) is 9.21. The molecular weight excluding hydrogens is 162 g/mol. The highest BCUT2D eigenvalue weighted by Gasteiger charge is 2.36. The standard InChI is InChI=1S/C11H23NO/c1-4-11(13)8-6-5-7-10(11)9-12(2)3/h10,13H,4-9H2,1-3H3. The Kier molecular flexibility index (Phi) is 3.74. The van der Waals surface area contributed by atoms with Crippen LogP contribution in [0.3, 0.4) is 0 Å². The molecule has 0 amide bonds. The van der Waals surface area contributed by atoms with Crippen molar-refractivity contribution < 1.29 is 5.11 Å². The van der Waals surface area contributed by atoms with Crippen LogP contribution in [0.1, 0.15) is 39.0 Å². The van der Waals surface area contributed by atoms with Crippen molar-refractivity contribution >= 4 is 0 Å². The van der Waals surface area contributed by atoms with Crippen LogP contribution >= 0.6 is 0 Å². The maximum absolute atomic E-state index is 10.4. The van der Waals surface area contributed by atoms with Crippen molar-refractivity contribution in [2.75, 3.05) is 20.6 Å². The summed E-state index contributed by atoms with van der Waals surface area (Å²) in [4.78, 5) is 2.19. The molecule has 2 unspecified atom stereocenters. The van der Waals surface area contributed by atoms with E-state index in [-0.39, 0.29) is 5.60 Å². The van der Waals surface area contributed by atoms with E-state index in [2.05, 4.69) is 25.9 Å². The Balaban J connectivity index is 2.56. The highest BCUT2D eigenvalue weighted by atomic mass is 16.3. The third-order valence-corrected chi connectivity index (χ3v) is 3.37. The average Bonchev–Trinajstić information content (AvgIpc) is 2.09. The highest BCUT2D eigenvalue weighted by molar-refractivity contribution is 4.89. The van der Waals surface area contributed by atoms with Gasteiger partial charge in [-0.2, -0.15) is 0 Å². The highest BCUT2D eigenvalue weighted by Crippen LogP contribution is 2.36. The van der Waals surface area contributed by atoms with E-state index in [9.17, 15) is 5.11 Å². The fourth-order valence-electron chi connectivity index (χ4n) is 2.46. The first kappa shape index (κ1) is 11.0. The van der Waals surface area contributed by atoms with Crippen LogP contribution in [0.2, 0.25) is 0 Å². The molecule has 0 aromatic heterocycles. The van der Waals surface area contributed by atoms with Gasteiger partial charge in [0.2, 0.25) is 0 Å². The van der Waals surface area contributed by atoms with E-state index >= 15 is 0 Å². The maximum Gasteiger partial charge on any atom is 0.0685 e. The van der Waals surface area contributed by atoms with Crippen molar-refractivity contribution in [3.8, 4) is 0 Å². The molecule has 2 heteroatoms. The predicted molar refractivity (Wildman–Crippen MR) is 55.8 cm³/mol. The van der Waals surface area contributed by atoms with Crippen molar-refractivity contribution in [3.63, 3.8) is 0 Å². The van der Waals surface area contributed by atoms with Crippen molar-refractivity contribution in [2.45, 2.75) is 44.6 Å². The first-order chi connectivity index (χ1) is 6.08. The summed E-state index contributed by atoms with van der Waals surface area (Å²) < 4.78 is 0. The molecule has 1 saturated carbocycles. The van der Waals surface area contributed by atoms with Crippen LogP contribution in [0.4, 0.5) is 0 Å². The summed E-state index contributed by atoms with van der Waals surface area (Å²) in [6, 6.07) is 0. The summed E-state index contributed by atoms with van der Waals surface area (Å²) in [6.07, 6.45) is 5.60. The Morgan fingerprint density at radius 1 is 1.38 bits per heavy atom. The lowest BCUT2D eigenvalue weighted by Crippen LogP contribution is -2.44. The van der Waals surface area contributed by atoms with Gasteiger partial charge >= 0.3 is 0 Å². The molecule has 0 saturated heterocycles. The predicted octanol–water partition coefficient (Wildman–Crippen LogP) is 1.88. The Morgan fingerprint density at radius 2 is 2.08 bits per heavy atom. The lowest BCUT2D eigenvalue weighted by Gasteiger charge is -2.40. The second-order valence-electron chi connectivity index (χ2n) is 4.66. The second kappa shape index (κ2) is 4.43. The minimum atomic E-state index is -0.372. The van der Waals surface area contributed by atoms with Crippen LogP contribution in [0, 0.1) is 5.92 Å². The molecule has 1 N–H and O–H groups in total. The summed E-state index contributed by atoms with van der Waals surface area (Å²) in [5, 5.41) is 10.4. The van der Waals surface area contributed by atoms with Crippen molar-refractivity contribution in [1.29, 1.82) is 0 Å². The summed E-state index contributed by atoms with van der Waals surface area (Å²) in [7, 11) is 4.18. The van der Waals surface area contributed by atoms with Crippen molar-refractivity contribution in [3.05, 3.63) is 0 Å². The van der Waals surface area contributed by atoms with Gasteiger partial charge in [0.25, 0.3) is 0 Å². The maximum atomic E-state index is 10.4. The lowest BCUT2D eigenvalue weighted by atomic mass is 9.73. The SMILES string of the molecule is CCC1(O)CCCCC1CN(C)C. The van der Waals surface area contributed by atoms with Gasteiger partial charge in [-0.25, -0.2) is 0 Å². The smallest absolute Gasteiger partial charge is 0.0685 e. The molecule has 78 valence electrons. The van der Waals surface area contributed by atoms with Gasteiger partial charge in [-0.05, 0) is 33.4 Å². The van der Waals surface area contributed by atoms with Gasteiger partial charge in [-0.3, -0.25) is 0 Å².